The number of amides is 1. The van der Waals surface area contributed by atoms with Crippen molar-refractivity contribution in [2.45, 2.75) is 31.0 Å². The number of benzene rings is 4. The molecule has 1 aliphatic rings. The number of nitrogens with one attached hydrogen (secondary N) is 1. The fourth-order valence-electron chi connectivity index (χ4n) is 5.94. The molecular weight excluding hydrogens is 666 g/mol. The van der Waals surface area contributed by atoms with Crippen molar-refractivity contribution in [3.63, 3.8) is 0 Å². The standard InChI is InChI=1S/C39H31N5O8/c1-39(52-37(48)28-20-12-5-13-21-28)31(51-36(47)27-18-10-4-11-19-27)29(22-49-35(46)26-16-8-3-9-17-26)50-38(39)44-24-42-30-32(40-23-41-33(30)44)43-34(45)25-14-6-2-7-15-25/h2-21,23-24,29,31,38H,22H2,1H3,(H,40,41,43,45)/t29-,31?,38-,39-/m1/s1. The van der Waals surface area contributed by atoms with Crippen molar-refractivity contribution in [2.75, 3.05) is 11.9 Å². The van der Waals surface area contributed by atoms with Crippen molar-refractivity contribution in [2.24, 2.45) is 0 Å². The Morgan fingerprint density at radius 2 is 1.25 bits per heavy atom. The van der Waals surface area contributed by atoms with Crippen LogP contribution in [0.4, 0.5) is 5.82 Å². The van der Waals surface area contributed by atoms with Gasteiger partial charge in [-0.3, -0.25) is 9.36 Å². The second-order valence-corrected chi connectivity index (χ2v) is 12.0. The molecule has 0 aliphatic carbocycles. The summed E-state index contributed by atoms with van der Waals surface area (Å²) >= 11 is 0. The predicted octanol–water partition coefficient (Wildman–Crippen LogP) is 5.67. The molecule has 4 atom stereocenters. The molecule has 6 aromatic rings. The first-order chi connectivity index (χ1) is 25.3. The largest absolute Gasteiger partial charge is 0.459 e. The molecule has 3 heterocycles. The first kappa shape index (κ1) is 33.8. The third kappa shape index (κ3) is 6.85. The van der Waals surface area contributed by atoms with Gasteiger partial charge in [0.1, 0.15) is 19.0 Å². The summed E-state index contributed by atoms with van der Waals surface area (Å²) in [4.78, 5) is 66.6. The van der Waals surface area contributed by atoms with Crippen LogP contribution >= 0.6 is 0 Å². The zero-order valence-corrected chi connectivity index (χ0v) is 27.7. The van der Waals surface area contributed by atoms with Gasteiger partial charge in [0, 0.05) is 5.56 Å². The summed E-state index contributed by atoms with van der Waals surface area (Å²) < 4.78 is 26.1. The van der Waals surface area contributed by atoms with Gasteiger partial charge in [-0.2, -0.15) is 0 Å². The Kier molecular flexibility index (Phi) is 9.50. The van der Waals surface area contributed by atoms with E-state index >= 15 is 0 Å². The van der Waals surface area contributed by atoms with E-state index < -0.39 is 47.9 Å². The Hall–Kier alpha value is -6.73. The predicted molar refractivity (Wildman–Crippen MR) is 186 cm³/mol. The Morgan fingerprint density at radius 3 is 1.85 bits per heavy atom. The number of carbonyl (C=O) groups excluding carboxylic acids is 4. The maximum Gasteiger partial charge on any atom is 0.338 e. The highest BCUT2D eigenvalue weighted by Crippen LogP contribution is 2.45. The van der Waals surface area contributed by atoms with Crippen molar-refractivity contribution in [3.05, 3.63) is 156 Å². The topological polar surface area (TPSA) is 161 Å². The van der Waals surface area contributed by atoms with Crippen LogP contribution in [0.5, 0.6) is 0 Å². The molecule has 260 valence electrons. The normalized spacial score (nSPS) is 19.4. The van der Waals surface area contributed by atoms with E-state index in [9.17, 15) is 19.2 Å². The molecule has 52 heavy (non-hydrogen) atoms. The van der Waals surface area contributed by atoms with Crippen molar-refractivity contribution in [3.8, 4) is 0 Å². The summed E-state index contributed by atoms with van der Waals surface area (Å²) in [5.74, 6) is -2.38. The quantitative estimate of drug-likeness (QED) is 0.139. The number of aromatic nitrogens is 4. The summed E-state index contributed by atoms with van der Waals surface area (Å²) in [7, 11) is 0. The van der Waals surface area contributed by atoms with E-state index in [1.807, 2.05) is 0 Å². The lowest BCUT2D eigenvalue weighted by Gasteiger charge is -2.34. The minimum absolute atomic E-state index is 0.124. The number of rotatable bonds is 10. The number of imidazole rings is 1. The van der Waals surface area contributed by atoms with Crippen molar-refractivity contribution >= 4 is 40.8 Å². The van der Waals surface area contributed by atoms with Crippen LogP contribution in [0.15, 0.2) is 134 Å². The highest BCUT2D eigenvalue weighted by atomic mass is 16.7. The average Bonchev–Trinajstić information content (AvgIpc) is 3.73. The van der Waals surface area contributed by atoms with Crippen LogP contribution in [-0.2, 0) is 18.9 Å². The number of carbonyl (C=O) groups is 4. The zero-order valence-electron chi connectivity index (χ0n) is 27.7. The third-order valence-electron chi connectivity index (χ3n) is 8.53. The van der Waals surface area contributed by atoms with Crippen LogP contribution in [0.3, 0.4) is 0 Å². The maximum atomic E-state index is 13.8. The van der Waals surface area contributed by atoms with Crippen LogP contribution < -0.4 is 5.32 Å². The van der Waals surface area contributed by atoms with Gasteiger partial charge in [0.25, 0.3) is 5.91 Å². The Balaban J connectivity index is 1.28. The van der Waals surface area contributed by atoms with Crippen molar-refractivity contribution in [1.82, 2.24) is 19.5 Å². The maximum absolute atomic E-state index is 13.8. The van der Waals surface area contributed by atoms with Gasteiger partial charge in [0.05, 0.1) is 23.0 Å². The molecule has 2 aromatic heterocycles. The second-order valence-electron chi connectivity index (χ2n) is 12.0. The van der Waals surface area contributed by atoms with Gasteiger partial charge in [-0.15, -0.1) is 0 Å². The van der Waals surface area contributed by atoms with Gasteiger partial charge in [-0.25, -0.2) is 29.3 Å². The molecule has 1 saturated heterocycles. The summed E-state index contributed by atoms with van der Waals surface area (Å²) in [5, 5.41) is 2.77. The number of nitrogens with zero attached hydrogens (tertiary/aromatic N) is 4. The number of esters is 3. The summed E-state index contributed by atoms with van der Waals surface area (Å²) in [6.45, 7) is 1.18. The van der Waals surface area contributed by atoms with E-state index in [-0.39, 0.29) is 34.7 Å². The number of ether oxygens (including phenoxy) is 4. The van der Waals surface area contributed by atoms with Gasteiger partial charge in [0.2, 0.25) is 0 Å². The van der Waals surface area contributed by atoms with E-state index in [1.54, 1.807) is 128 Å². The highest BCUT2D eigenvalue weighted by Gasteiger charge is 2.60. The van der Waals surface area contributed by atoms with Crippen LogP contribution in [0.1, 0.15) is 54.6 Å². The number of hydrogen-bond donors (Lipinski definition) is 1. The lowest BCUT2D eigenvalue weighted by atomic mass is 9.95. The van der Waals surface area contributed by atoms with Gasteiger partial charge < -0.3 is 24.3 Å². The number of fused-ring (bicyclic) bond motifs is 1. The second kappa shape index (κ2) is 14.6. The van der Waals surface area contributed by atoms with E-state index in [0.717, 1.165) is 0 Å². The molecule has 7 rings (SSSR count). The Morgan fingerprint density at radius 1 is 0.712 bits per heavy atom. The number of anilines is 1. The van der Waals surface area contributed by atoms with Crippen molar-refractivity contribution in [1.29, 1.82) is 0 Å². The molecule has 4 aromatic carbocycles. The number of hydrogen-bond acceptors (Lipinski definition) is 11. The molecule has 1 N–H and O–H groups in total. The lowest BCUT2D eigenvalue weighted by molar-refractivity contribution is -0.108. The SMILES string of the molecule is C[C@@]1(OC(=O)c2ccccc2)C(OC(=O)c2ccccc2)[C@@H](COC(=O)c2ccccc2)O[C@H]1n1cnc2c(NC(=O)c3ccccc3)ncnc21. The third-order valence-corrected chi connectivity index (χ3v) is 8.53. The molecule has 13 heteroatoms. The molecule has 1 aliphatic heterocycles. The average molecular weight is 698 g/mol. The van der Waals surface area contributed by atoms with E-state index in [0.29, 0.717) is 11.1 Å². The van der Waals surface area contributed by atoms with Gasteiger partial charge >= 0.3 is 17.9 Å². The van der Waals surface area contributed by atoms with Crippen LogP contribution in [0.2, 0.25) is 0 Å². The smallest absolute Gasteiger partial charge is 0.338 e. The highest BCUT2D eigenvalue weighted by molar-refractivity contribution is 6.06. The van der Waals surface area contributed by atoms with E-state index in [2.05, 4.69) is 20.3 Å². The summed E-state index contributed by atoms with van der Waals surface area (Å²) in [6, 6.07) is 33.6. The van der Waals surface area contributed by atoms with E-state index in [1.165, 1.54) is 17.2 Å². The Bertz CT molecular complexity index is 2220. The van der Waals surface area contributed by atoms with Gasteiger partial charge in [-0.05, 0) is 55.5 Å². The van der Waals surface area contributed by atoms with Crippen LogP contribution in [0, 0.1) is 0 Å². The molecule has 1 unspecified atom stereocenters. The fourth-order valence-corrected chi connectivity index (χ4v) is 5.94. The summed E-state index contributed by atoms with van der Waals surface area (Å²) in [6.07, 6.45) is -1.07. The summed E-state index contributed by atoms with van der Waals surface area (Å²) in [5.41, 5.74) is -0.169. The molecule has 0 bridgehead atoms. The van der Waals surface area contributed by atoms with Crippen LogP contribution in [0.25, 0.3) is 11.2 Å². The first-order valence-electron chi connectivity index (χ1n) is 16.3. The monoisotopic (exact) mass is 697 g/mol. The molecule has 0 saturated carbocycles. The van der Waals surface area contributed by atoms with Crippen LogP contribution in [-0.4, -0.2) is 67.7 Å². The van der Waals surface area contributed by atoms with E-state index in [4.69, 9.17) is 18.9 Å². The molecule has 0 radical (unpaired) electrons. The lowest BCUT2D eigenvalue weighted by Crippen LogP contribution is -2.50. The minimum Gasteiger partial charge on any atom is -0.459 e. The molecule has 1 amide bonds. The molecule has 0 spiro atoms. The van der Waals surface area contributed by atoms with Gasteiger partial charge in [0.15, 0.2) is 34.9 Å². The van der Waals surface area contributed by atoms with Gasteiger partial charge in [-0.1, -0.05) is 72.8 Å². The first-order valence-corrected chi connectivity index (χ1v) is 16.3. The molecule has 1 fully saturated rings. The van der Waals surface area contributed by atoms with Crippen molar-refractivity contribution < 1.29 is 38.1 Å². The Labute approximate surface area is 297 Å². The minimum atomic E-state index is -1.77. The molecule has 13 nitrogen and oxygen atoms in total. The zero-order chi connectivity index (χ0) is 36.1. The molecular formula is C39H31N5O8. The fraction of sp³-hybridized carbons (Fsp3) is 0.154.